The number of thioether (sulfide) groups is 1. The normalized spacial score (nSPS) is 21.2. The first-order valence-corrected chi connectivity index (χ1v) is 9.01. The van der Waals surface area contributed by atoms with Crippen LogP contribution in [0.3, 0.4) is 0 Å². The Morgan fingerprint density at radius 3 is 2.45 bits per heavy atom. The second kappa shape index (κ2) is 8.27. The summed E-state index contributed by atoms with van der Waals surface area (Å²) >= 11 is -0.0997. The lowest BCUT2D eigenvalue weighted by Crippen LogP contribution is -2.57. The van der Waals surface area contributed by atoms with E-state index in [1.54, 1.807) is 18.7 Å². The highest BCUT2D eigenvalue weighted by Gasteiger charge is 2.40. The van der Waals surface area contributed by atoms with Gasteiger partial charge in [-0.1, -0.05) is 0 Å². The molecule has 22 heavy (non-hydrogen) atoms. The van der Waals surface area contributed by atoms with Gasteiger partial charge in [0, 0.05) is 32.4 Å². The minimum Gasteiger partial charge on any atom is -0.355 e. The van der Waals surface area contributed by atoms with E-state index in [4.69, 9.17) is 0 Å². The first-order chi connectivity index (χ1) is 9.48. The number of halogens is 4. The Morgan fingerprint density at radius 1 is 1.41 bits per heavy atom. The number of aliphatic imine (C=N–C) groups is 1. The molecule has 1 heterocycles. The Bertz CT molecular complexity index is 495. The van der Waals surface area contributed by atoms with E-state index in [1.165, 1.54) is 7.05 Å². The van der Waals surface area contributed by atoms with E-state index in [2.05, 4.69) is 10.3 Å². The summed E-state index contributed by atoms with van der Waals surface area (Å²) in [5.41, 5.74) is -4.24. The van der Waals surface area contributed by atoms with Gasteiger partial charge >= 0.3 is 5.51 Å². The van der Waals surface area contributed by atoms with Gasteiger partial charge in [-0.15, -0.1) is 24.0 Å². The molecule has 11 heteroatoms. The van der Waals surface area contributed by atoms with Crippen molar-refractivity contribution in [2.24, 2.45) is 4.99 Å². The zero-order valence-corrected chi connectivity index (χ0v) is 16.6. The maximum absolute atomic E-state index is 12.0. The number of nitrogens with one attached hydrogen (secondary N) is 1. The molecule has 0 aromatic heterocycles. The van der Waals surface area contributed by atoms with Crippen molar-refractivity contribution < 1.29 is 21.6 Å². The maximum atomic E-state index is 12.0. The van der Waals surface area contributed by atoms with Crippen LogP contribution in [0.2, 0.25) is 0 Å². The molecule has 0 radical (unpaired) electrons. The molecule has 132 valence electrons. The minimum atomic E-state index is -4.24. The van der Waals surface area contributed by atoms with Crippen LogP contribution in [-0.2, 0) is 9.84 Å². The Labute approximate surface area is 150 Å². The summed E-state index contributed by atoms with van der Waals surface area (Å²) in [6.45, 7) is 3.95. The van der Waals surface area contributed by atoms with Crippen molar-refractivity contribution in [3.8, 4) is 0 Å². The molecule has 5 nitrogen and oxygen atoms in total. The highest BCUT2D eigenvalue weighted by Crippen LogP contribution is 2.29. The molecule has 0 atom stereocenters. The van der Waals surface area contributed by atoms with Crippen LogP contribution in [0.25, 0.3) is 0 Å². The van der Waals surface area contributed by atoms with E-state index < -0.39 is 20.1 Å². The number of hydrogen-bond donors (Lipinski definition) is 1. The van der Waals surface area contributed by atoms with Crippen molar-refractivity contribution in [2.75, 3.05) is 38.2 Å². The molecule has 0 unspecified atom stereocenters. The second-order valence-electron chi connectivity index (χ2n) is 5.27. The minimum absolute atomic E-state index is 0. The lowest BCUT2D eigenvalue weighted by Gasteiger charge is -2.39. The highest BCUT2D eigenvalue weighted by molar-refractivity contribution is 14.0. The monoisotopic (exact) mass is 475 g/mol. The summed E-state index contributed by atoms with van der Waals surface area (Å²) in [7, 11) is -1.63. The Hall–Kier alpha value is 0.0900. The van der Waals surface area contributed by atoms with Gasteiger partial charge in [-0.25, -0.2) is 8.42 Å². The quantitative estimate of drug-likeness (QED) is 0.293. The lowest BCUT2D eigenvalue weighted by molar-refractivity contribution is -0.0327. The van der Waals surface area contributed by atoms with Crippen molar-refractivity contribution in [3.05, 3.63) is 0 Å². The van der Waals surface area contributed by atoms with Crippen molar-refractivity contribution >= 4 is 51.5 Å². The summed E-state index contributed by atoms with van der Waals surface area (Å²) in [5.74, 6) is 0.316. The van der Waals surface area contributed by atoms with Gasteiger partial charge < -0.3 is 10.2 Å². The fraction of sp³-hybridized carbons (Fsp3) is 0.909. The zero-order chi connectivity index (χ0) is 16.3. The van der Waals surface area contributed by atoms with E-state index in [1.807, 2.05) is 0 Å². The predicted octanol–water partition coefficient (Wildman–Crippen LogP) is 1.94. The Kier molecular flexibility index (Phi) is 8.30. The molecule has 0 amide bonds. The summed E-state index contributed by atoms with van der Waals surface area (Å²) in [6.07, 6.45) is 0. The fourth-order valence-corrected chi connectivity index (χ4v) is 3.79. The smallest absolute Gasteiger partial charge is 0.355 e. The standard InChI is InChI=1S/C11H20F3N3O2S2.HI/c1-10(2)8-17(5-7-21(10,18)19)9(15-3)16-4-6-20-11(12,13)14;/h4-8H2,1-3H3,(H,15,16);1H. The largest absolute Gasteiger partial charge is 0.441 e. The van der Waals surface area contributed by atoms with Gasteiger partial charge in [0.15, 0.2) is 15.8 Å². The van der Waals surface area contributed by atoms with Gasteiger partial charge in [0.05, 0.1) is 10.5 Å². The van der Waals surface area contributed by atoms with Crippen molar-refractivity contribution in [1.29, 1.82) is 0 Å². The van der Waals surface area contributed by atoms with Crippen molar-refractivity contribution in [1.82, 2.24) is 10.2 Å². The van der Waals surface area contributed by atoms with Crippen LogP contribution in [0.5, 0.6) is 0 Å². The average Bonchev–Trinajstić information content (AvgIpc) is 2.32. The van der Waals surface area contributed by atoms with Gasteiger partial charge in [0.25, 0.3) is 0 Å². The van der Waals surface area contributed by atoms with E-state index in [9.17, 15) is 21.6 Å². The Balaban J connectivity index is 0.00000441. The second-order valence-corrected chi connectivity index (χ2v) is 9.17. The molecule has 1 saturated heterocycles. The molecule has 0 saturated carbocycles. The summed E-state index contributed by atoms with van der Waals surface area (Å²) in [6, 6.07) is 0. The SMILES string of the molecule is CN=C(NCCSC(F)(F)F)N1CCS(=O)(=O)C(C)(C)C1.I. The number of sulfone groups is 1. The third-order valence-corrected chi connectivity index (χ3v) is 6.47. The molecule has 1 aliphatic heterocycles. The summed E-state index contributed by atoms with van der Waals surface area (Å²) < 4.78 is 59.0. The predicted molar refractivity (Wildman–Crippen MR) is 94.7 cm³/mol. The Morgan fingerprint density at radius 2 is 2.00 bits per heavy atom. The van der Waals surface area contributed by atoms with Gasteiger partial charge in [-0.2, -0.15) is 13.2 Å². The van der Waals surface area contributed by atoms with E-state index in [-0.39, 0.29) is 66.9 Å². The molecule has 1 aliphatic rings. The molecule has 1 N–H and O–H groups in total. The first kappa shape index (κ1) is 22.1. The summed E-state index contributed by atoms with van der Waals surface area (Å²) in [5, 5.41) is 2.84. The van der Waals surface area contributed by atoms with E-state index in [0.29, 0.717) is 5.96 Å². The molecule has 0 aromatic rings. The van der Waals surface area contributed by atoms with Gasteiger partial charge in [-0.3, -0.25) is 4.99 Å². The van der Waals surface area contributed by atoms with Gasteiger partial charge in [0.2, 0.25) is 0 Å². The molecular formula is C11H21F3IN3O2S2. The lowest BCUT2D eigenvalue weighted by atomic mass is 10.2. The molecule has 0 aromatic carbocycles. The summed E-state index contributed by atoms with van der Waals surface area (Å²) in [4.78, 5) is 5.77. The van der Waals surface area contributed by atoms with Crippen LogP contribution in [0.1, 0.15) is 13.8 Å². The topological polar surface area (TPSA) is 61.8 Å². The van der Waals surface area contributed by atoms with Crippen LogP contribution < -0.4 is 5.32 Å². The maximum Gasteiger partial charge on any atom is 0.441 e. The van der Waals surface area contributed by atoms with Crippen molar-refractivity contribution in [3.63, 3.8) is 0 Å². The number of guanidine groups is 1. The van der Waals surface area contributed by atoms with Crippen LogP contribution in [0.4, 0.5) is 13.2 Å². The number of hydrogen-bond acceptors (Lipinski definition) is 4. The third-order valence-electron chi connectivity index (χ3n) is 3.21. The fourth-order valence-electron chi connectivity index (χ4n) is 1.99. The van der Waals surface area contributed by atoms with Crippen LogP contribution in [-0.4, -0.2) is 67.7 Å². The molecule has 0 spiro atoms. The average molecular weight is 475 g/mol. The first-order valence-electron chi connectivity index (χ1n) is 6.37. The third kappa shape index (κ3) is 6.30. The zero-order valence-electron chi connectivity index (χ0n) is 12.6. The number of rotatable bonds is 3. The van der Waals surface area contributed by atoms with E-state index >= 15 is 0 Å². The molecule has 1 rings (SSSR count). The van der Waals surface area contributed by atoms with Crippen molar-refractivity contribution in [2.45, 2.75) is 24.1 Å². The molecular weight excluding hydrogens is 454 g/mol. The van der Waals surface area contributed by atoms with E-state index in [0.717, 1.165) is 0 Å². The highest BCUT2D eigenvalue weighted by atomic mass is 127. The van der Waals surface area contributed by atoms with Gasteiger partial charge in [0.1, 0.15) is 0 Å². The number of nitrogens with zero attached hydrogens (tertiary/aromatic N) is 2. The molecule has 1 fully saturated rings. The van der Waals surface area contributed by atoms with Crippen LogP contribution in [0.15, 0.2) is 4.99 Å². The number of alkyl halides is 3. The van der Waals surface area contributed by atoms with Crippen LogP contribution in [0, 0.1) is 0 Å². The molecule has 0 bridgehead atoms. The van der Waals surface area contributed by atoms with Gasteiger partial charge in [-0.05, 0) is 25.6 Å². The molecule has 0 aliphatic carbocycles. The van der Waals surface area contributed by atoms with Crippen LogP contribution >= 0.6 is 35.7 Å².